The van der Waals surface area contributed by atoms with E-state index in [0.717, 1.165) is 16.8 Å². The van der Waals surface area contributed by atoms with Gasteiger partial charge in [0.25, 0.3) is 5.91 Å². The number of benzene rings is 1. The van der Waals surface area contributed by atoms with Gasteiger partial charge in [0.05, 0.1) is 12.2 Å². The normalized spacial score (nSPS) is 13.6. The van der Waals surface area contributed by atoms with Crippen LogP contribution in [0.1, 0.15) is 21.7 Å². The molecule has 3 aromatic rings. The van der Waals surface area contributed by atoms with Crippen LogP contribution in [0.2, 0.25) is 5.02 Å². The maximum absolute atomic E-state index is 12.6. The lowest BCUT2D eigenvalue weighted by molar-refractivity contribution is 0.0728. The molecule has 0 fully saturated rings. The molecule has 4 rings (SSSR count). The molecule has 0 unspecified atom stereocenters. The van der Waals surface area contributed by atoms with Gasteiger partial charge in [-0.15, -0.1) is 0 Å². The summed E-state index contributed by atoms with van der Waals surface area (Å²) in [5.41, 5.74) is 3.21. The van der Waals surface area contributed by atoms with Gasteiger partial charge in [0, 0.05) is 35.3 Å². The van der Waals surface area contributed by atoms with Gasteiger partial charge in [0.2, 0.25) is 0 Å². The quantitative estimate of drug-likeness (QED) is 0.716. The van der Waals surface area contributed by atoms with Crippen molar-refractivity contribution in [3.05, 3.63) is 70.6 Å². The fourth-order valence-electron chi connectivity index (χ4n) is 2.87. The minimum atomic E-state index is -0.0792. The number of nitrogens with zero attached hydrogens (tertiary/aromatic N) is 3. The van der Waals surface area contributed by atoms with E-state index < -0.39 is 0 Å². The summed E-state index contributed by atoms with van der Waals surface area (Å²) in [6.07, 6.45) is 2.30. The zero-order valence-corrected chi connectivity index (χ0v) is 13.5. The summed E-state index contributed by atoms with van der Waals surface area (Å²) < 4.78 is 5.53. The van der Waals surface area contributed by atoms with Crippen molar-refractivity contribution in [3.8, 4) is 11.3 Å². The van der Waals surface area contributed by atoms with Crippen molar-refractivity contribution in [2.75, 3.05) is 6.54 Å². The Labute approximate surface area is 143 Å². The minimum Gasteiger partial charge on any atom is -0.356 e. The van der Waals surface area contributed by atoms with Gasteiger partial charge in [0.15, 0.2) is 5.76 Å². The van der Waals surface area contributed by atoms with Crippen LogP contribution < -0.4 is 0 Å². The molecule has 0 spiro atoms. The molecule has 6 heteroatoms. The average molecular weight is 340 g/mol. The zero-order valence-electron chi connectivity index (χ0n) is 12.8. The fraction of sp³-hybridized carbons (Fsp3) is 0.167. The monoisotopic (exact) mass is 339 g/mol. The maximum atomic E-state index is 12.6. The topological polar surface area (TPSA) is 59.2 Å². The molecule has 0 bridgehead atoms. The summed E-state index contributed by atoms with van der Waals surface area (Å²) in [7, 11) is 0. The molecule has 0 saturated heterocycles. The van der Waals surface area contributed by atoms with Crippen LogP contribution in [-0.4, -0.2) is 27.5 Å². The third-order valence-corrected chi connectivity index (χ3v) is 4.37. The molecule has 0 aliphatic carbocycles. The molecule has 3 heterocycles. The van der Waals surface area contributed by atoms with Crippen molar-refractivity contribution in [1.29, 1.82) is 0 Å². The van der Waals surface area contributed by atoms with Crippen LogP contribution in [-0.2, 0) is 13.0 Å². The Morgan fingerprint density at radius 3 is 2.75 bits per heavy atom. The highest BCUT2D eigenvalue weighted by atomic mass is 35.5. The Hall–Kier alpha value is -2.66. The number of pyridine rings is 1. The highest BCUT2D eigenvalue weighted by Gasteiger charge is 2.28. The molecule has 0 radical (unpaired) electrons. The molecule has 1 amide bonds. The van der Waals surface area contributed by atoms with Gasteiger partial charge < -0.3 is 9.42 Å². The van der Waals surface area contributed by atoms with E-state index in [1.807, 2.05) is 30.3 Å². The van der Waals surface area contributed by atoms with Crippen LogP contribution in [0.3, 0.4) is 0 Å². The van der Waals surface area contributed by atoms with Gasteiger partial charge >= 0.3 is 0 Å². The first-order valence-corrected chi connectivity index (χ1v) is 8.04. The van der Waals surface area contributed by atoms with E-state index in [2.05, 4.69) is 10.1 Å². The second-order valence-corrected chi connectivity index (χ2v) is 6.07. The number of rotatable bonds is 2. The number of halogens is 1. The summed E-state index contributed by atoms with van der Waals surface area (Å²) in [6, 6.07) is 12.7. The molecular formula is C18H14ClN3O2. The van der Waals surface area contributed by atoms with E-state index >= 15 is 0 Å². The second kappa shape index (κ2) is 6.09. The van der Waals surface area contributed by atoms with Crippen LogP contribution in [0.25, 0.3) is 11.3 Å². The smallest absolute Gasteiger partial charge is 0.272 e. The van der Waals surface area contributed by atoms with Gasteiger partial charge in [-0.1, -0.05) is 22.8 Å². The van der Waals surface area contributed by atoms with Crippen molar-refractivity contribution < 1.29 is 9.32 Å². The lowest BCUT2D eigenvalue weighted by atomic mass is 10.0. The van der Waals surface area contributed by atoms with Gasteiger partial charge in [-0.05, 0) is 36.4 Å². The van der Waals surface area contributed by atoms with Gasteiger partial charge in [0.1, 0.15) is 5.69 Å². The number of hydrogen-bond donors (Lipinski definition) is 0. The molecule has 2 aromatic heterocycles. The van der Waals surface area contributed by atoms with E-state index in [1.165, 1.54) is 0 Å². The minimum absolute atomic E-state index is 0.0792. The number of aromatic nitrogens is 2. The molecular weight excluding hydrogens is 326 g/mol. The predicted molar refractivity (Wildman–Crippen MR) is 89.6 cm³/mol. The summed E-state index contributed by atoms with van der Waals surface area (Å²) in [5, 5.41) is 4.83. The highest BCUT2D eigenvalue weighted by Crippen LogP contribution is 2.31. The van der Waals surface area contributed by atoms with Crippen molar-refractivity contribution in [1.82, 2.24) is 15.0 Å². The second-order valence-electron chi connectivity index (χ2n) is 5.64. The van der Waals surface area contributed by atoms with E-state index in [9.17, 15) is 4.79 Å². The number of carbonyl (C=O) groups excluding carboxylic acids is 1. The first-order valence-electron chi connectivity index (χ1n) is 7.66. The Balaban J connectivity index is 1.64. The van der Waals surface area contributed by atoms with Gasteiger partial charge in [-0.3, -0.25) is 9.78 Å². The van der Waals surface area contributed by atoms with Gasteiger partial charge in [-0.25, -0.2) is 0 Å². The SMILES string of the molecule is O=C(c1ccccn1)N1CCc2noc(-c3ccc(Cl)cc3)c2C1. The van der Waals surface area contributed by atoms with Crippen LogP contribution in [0.5, 0.6) is 0 Å². The fourth-order valence-corrected chi connectivity index (χ4v) is 2.99. The van der Waals surface area contributed by atoms with Gasteiger partial charge in [-0.2, -0.15) is 0 Å². The Morgan fingerprint density at radius 2 is 2.00 bits per heavy atom. The number of fused-ring (bicyclic) bond motifs is 1. The van der Waals surface area contributed by atoms with Crippen LogP contribution in [0.15, 0.2) is 53.2 Å². The number of carbonyl (C=O) groups is 1. The average Bonchev–Trinajstić information content (AvgIpc) is 3.05. The third kappa shape index (κ3) is 2.67. The zero-order chi connectivity index (χ0) is 16.5. The standard InChI is InChI=1S/C18H14ClN3O2/c19-13-6-4-12(5-7-13)17-14-11-22(10-8-15(14)21-24-17)18(23)16-3-1-2-9-20-16/h1-7,9H,8,10-11H2. The summed E-state index contributed by atoms with van der Waals surface area (Å²) in [4.78, 5) is 18.5. The number of hydrogen-bond acceptors (Lipinski definition) is 4. The van der Waals surface area contributed by atoms with Crippen LogP contribution in [0, 0.1) is 0 Å². The van der Waals surface area contributed by atoms with Crippen LogP contribution >= 0.6 is 11.6 Å². The third-order valence-electron chi connectivity index (χ3n) is 4.11. The molecule has 0 saturated carbocycles. The van der Waals surface area contributed by atoms with E-state index in [-0.39, 0.29) is 5.91 Å². The molecule has 1 aromatic carbocycles. The van der Waals surface area contributed by atoms with Crippen molar-refractivity contribution >= 4 is 17.5 Å². The van der Waals surface area contributed by atoms with Crippen molar-refractivity contribution in [3.63, 3.8) is 0 Å². The summed E-state index contributed by atoms with van der Waals surface area (Å²) in [6.45, 7) is 1.07. The van der Waals surface area contributed by atoms with E-state index in [1.54, 1.807) is 23.2 Å². The Kier molecular flexibility index (Phi) is 3.78. The molecule has 120 valence electrons. The summed E-state index contributed by atoms with van der Waals surface area (Å²) >= 11 is 5.94. The first-order chi connectivity index (χ1) is 11.7. The molecule has 24 heavy (non-hydrogen) atoms. The largest absolute Gasteiger partial charge is 0.356 e. The molecule has 0 N–H and O–H groups in total. The lowest BCUT2D eigenvalue weighted by Gasteiger charge is -2.26. The maximum Gasteiger partial charge on any atom is 0.272 e. The van der Waals surface area contributed by atoms with Crippen molar-refractivity contribution in [2.24, 2.45) is 0 Å². The number of amides is 1. The molecule has 0 atom stereocenters. The first kappa shape index (κ1) is 14.9. The molecule has 1 aliphatic heterocycles. The highest BCUT2D eigenvalue weighted by molar-refractivity contribution is 6.30. The van der Waals surface area contributed by atoms with Crippen LogP contribution in [0.4, 0.5) is 0 Å². The lowest BCUT2D eigenvalue weighted by Crippen LogP contribution is -2.36. The Bertz CT molecular complexity index is 875. The van der Waals surface area contributed by atoms with E-state index in [4.69, 9.17) is 16.1 Å². The Morgan fingerprint density at radius 1 is 1.17 bits per heavy atom. The predicted octanol–water partition coefficient (Wildman–Crippen LogP) is 3.59. The molecule has 5 nitrogen and oxygen atoms in total. The molecule has 1 aliphatic rings. The summed E-state index contributed by atoms with van der Waals surface area (Å²) in [5.74, 6) is 0.615. The van der Waals surface area contributed by atoms with Crippen molar-refractivity contribution in [2.45, 2.75) is 13.0 Å². The van der Waals surface area contributed by atoms with E-state index in [0.29, 0.717) is 36.0 Å².